The van der Waals surface area contributed by atoms with Crippen molar-refractivity contribution in [1.82, 2.24) is 24.8 Å². The van der Waals surface area contributed by atoms with E-state index in [1.54, 1.807) is 28.9 Å². The normalized spacial score (nSPS) is 17.2. The first-order valence-electron chi connectivity index (χ1n) is 20.3. The second kappa shape index (κ2) is 19.6. The average Bonchev–Trinajstić information content (AvgIpc) is 3.97. The number of hydrogen-bond acceptors (Lipinski definition) is 7. The summed E-state index contributed by atoms with van der Waals surface area (Å²) in [5.41, 5.74) is 9.14. The number of aromatic nitrogens is 3. The summed E-state index contributed by atoms with van der Waals surface area (Å²) in [4.78, 5) is 43.5. The van der Waals surface area contributed by atoms with Gasteiger partial charge in [0.2, 0.25) is 11.8 Å². The summed E-state index contributed by atoms with van der Waals surface area (Å²) in [6.07, 6.45) is 14.6. The highest BCUT2D eigenvalue weighted by Gasteiger charge is 2.30. The Kier molecular flexibility index (Phi) is 13.5. The van der Waals surface area contributed by atoms with Gasteiger partial charge in [-0.25, -0.2) is 9.97 Å². The summed E-state index contributed by atoms with van der Waals surface area (Å²) < 4.78 is 1.08. The number of likely N-dealkylation sites (tertiary alicyclic amines) is 2. The first-order valence-corrected chi connectivity index (χ1v) is 22.9. The Morgan fingerprint density at radius 2 is 1.12 bits per heavy atom. The van der Waals surface area contributed by atoms with Crippen LogP contribution in [0.4, 0.5) is 0 Å². The van der Waals surface area contributed by atoms with Gasteiger partial charge in [-0.1, -0.05) is 114 Å². The van der Waals surface area contributed by atoms with E-state index in [2.05, 4.69) is 138 Å². The van der Waals surface area contributed by atoms with Gasteiger partial charge in [-0.3, -0.25) is 14.6 Å². The lowest BCUT2D eigenvalue weighted by Gasteiger charge is -2.32. The zero-order chi connectivity index (χ0) is 40.4. The van der Waals surface area contributed by atoms with E-state index >= 15 is 0 Å². The number of pyridine rings is 1. The van der Waals surface area contributed by atoms with Gasteiger partial charge >= 0.3 is 0 Å². The zero-order valence-electron chi connectivity index (χ0n) is 32.8. The van der Waals surface area contributed by atoms with Crippen LogP contribution in [-0.2, 0) is 22.7 Å². The number of benzene rings is 4. The molecule has 9 rings (SSSR count). The van der Waals surface area contributed by atoms with Crippen molar-refractivity contribution in [3.8, 4) is 32.3 Å². The van der Waals surface area contributed by atoms with Crippen LogP contribution in [0.2, 0.25) is 0 Å². The molecule has 0 saturated carbocycles. The molecule has 7 aromatic rings. The maximum Gasteiger partial charge on any atom is 0.223 e. The molecule has 2 aliphatic rings. The van der Waals surface area contributed by atoms with Crippen LogP contribution in [-0.4, -0.2) is 36.6 Å². The summed E-state index contributed by atoms with van der Waals surface area (Å²) in [6, 6.07) is 37.8. The number of carbonyl (C=O) groups is 2. The van der Waals surface area contributed by atoms with E-state index in [1.807, 2.05) is 41.5 Å². The van der Waals surface area contributed by atoms with Crippen molar-refractivity contribution in [3.63, 3.8) is 0 Å². The molecule has 0 spiro atoms. The smallest absolute Gasteiger partial charge is 0.223 e. The van der Waals surface area contributed by atoms with Crippen LogP contribution in [0.3, 0.4) is 0 Å². The first kappa shape index (κ1) is 40.5. The van der Waals surface area contributed by atoms with E-state index in [1.165, 1.54) is 11.1 Å². The largest absolute Gasteiger partial charge is 0.331 e. The van der Waals surface area contributed by atoms with Gasteiger partial charge in [-0.15, -0.1) is 22.7 Å². The predicted molar refractivity (Wildman–Crippen MR) is 242 cm³/mol. The summed E-state index contributed by atoms with van der Waals surface area (Å²) in [5.74, 6) is 0.473. The van der Waals surface area contributed by atoms with Crippen LogP contribution in [0.25, 0.3) is 32.3 Å². The maximum absolute atomic E-state index is 13.3. The van der Waals surface area contributed by atoms with Gasteiger partial charge in [0.15, 0.2) is 0 Å². The Morgan fingerprint density at radius 3 is 1.66 bits per heavy atom. The molecule has 2 amide bonds. The highest BCUT2D eigenvalue weighted by Crippen LogP contribution is 2.39. The average molecular weight is 881 g/mol. The van der Waals surface area contributed by atoms with Crippen LogP contribution < -0.4 is 0 Å². The standard InChI is InChI=1S/C27H25N3OS.C22H21BrN2OS/c31-26-13-4-3-12-25(24-11-2-1-10-23(24)22-9-6-14-28-18-22)30(26)19-20-7-5-8-21(17-20)27-29-15-16-32-27;23-19-9-2-1-8-18(19)20-10-3-4-11-21(26)25(20)15-16-6-5-7-17(14-16)22-24-12-13-27-22/h1-2,5-11,14-18,25H,3-4,12-13,19H2;1-2,5-9,12-14,20H,3-4,10-11,15H2. The molecular formula is C49H46BrN5O2S2. The van der Waals surface area contributed by atoms with Crippen molar-refractivity contribution < 1.29 is 9.59 Å². The molecule has 2 atom stereocenters. The highest BCUT2D eigenvalue weighted by atomic mass is 79.9. The third-order valence-corrected chi connectivity index (χ3v) is 13.5. The molecule has 10 heteroatoms. The van der Waals surface area contributed by atoms with Gasteiger partial charge in [0.05, 0.1) is 12.1 Å². The number of carbonyl (C=O) groups excluding carboxylic acids is 2. The highest BCUT2D eigenvalue weighted by molar-refractivity contribution is 9.10. The number of amides is 2. The number of rotatable bonds is 9. The van der Waals surface area contributed by atoms with Crippen LogP contribution >= 0.6 is 38.6 Å². The molecule has 3 aromatic heterocycles. The van der Waals surface area contributed by atoms with Crippen molar-refractivity contribution in [3.05, 3.63) is 171 Å². The number of hydrogen-bond donors (Lipinski definition) is 0. The van der Waals surface area contributed by atoms with Crippen molar-refractivity contribution >= 4 is 50.4 Å². The van der Waals surface area contributed by atoms with Gasteiger partial charge < -0.3 is 9.80 Å². The molecule has 59 heavy (non-hydrogen) atoms. The SMILES string of the molecule is O=C1CCCCC(c2ccccc2-c2cccnc2)N1Cc1cccc(-c2nccs2)c1.O=C1CCCCC(c2ccccc2Br)N1Cc1cccc(-c2nccs2)c1. The Labute approximate surface area is 363 Å². The van der Waals surface area contributed by atoms with Crippen LogP contribution in [0.15, 0.2) is 149 Å². The fourth-order valence-electron chi connectivity index (χ4n) is 8.27. The van der Waals surface area contributed by atoms with Crippen molar-refractivity contribution in [1.29, 1.82) is 0 Å². The molecule has 2 fully saturated rings. The Bertz CT molecular complexity index is 2460. The lowest BCUT2D eigenvalue weighted by molar-refractivity contribution is -0.134. The zero-order valence-corrected chi connectivity index (χ0v) is 36.0. The Morgan fingerprint density at radius 1 is 0.576 bits per heavy atom. The number of thiazole rings is 2. The number of halogens is 1. The van der Waals surface area contributed by atoms with Crippen LogP contribution in [0.1, 0.15) is 85.7 Å². The first-order chi connectivity index (χ1) is 29.0. The molecule has 0 radical (unpaired) electrons. The van der Waals surface area contributed by atoms with E-state index < -0.39 is 0 Å². The molecule has 0 bridgehead atoms. The number of nitrogens with zero attached hydrogens (tertiary/aromatic N) is 5. The maximum atomic E-state index is 13.3. The summed E-state index contributed by atoms with van der Waals surface area (Å²) in [7, 11) is 0. The molecule has 298 valence electrons. The third kappa shape index (κ3) is 9.95. The minimum Gasteiger partial charge on any atom is -0.331 e. The fourth-order valence-corrected chi connectivity index (χ4v) is 10.1. The molecular weight excluding hydrogens is 835 g/mol. The lowest BCUT2D eigenvalue weighted by Crippen LogP contribution is -2.33. The Balaban J connectivity index is 0.000000167. The molecule has 5 heterocycles. The minimum atomic E-state index is 0.0462. The van der Waals surface area contributed by atoms with E-state index in [9.17, 15) is 9.59 Å². The fraction of sp³-hybridized carbons (Fsp3) is 0.245. The quantitative estimate of drug-likeness (QED) is 0.144. The molecule has 7 nitrogen and oxygen atoms in total. The molecule has 4 aromatic carbocycles. The monoisotopic (exact) mass is 879 g/mol. The van der Waals surface area contributed by atoms with E-state index in [0.29, 0.717) is 25.9 Å². The van der Waals surface area contributed by atoms with Gasteiger partial charge in [0.1, 0.15) is 10.0 Å². The van der Waals surface area contributed by atoms with Crippen molar-refractivity contribution in [2.45, 2.75) is 76.5 Å². The second-order valence-electron chi connectivity index (χ2n) is 15.0. The van der Waals surface area contributed by atoms with Gasteiger partial charge in [-0.2, -0.15) is 0 Å². The Hall–Kier alpha value is -5.29. The summed E-state index contributed by atoms with van der Waals surface area (Å²) >= 11 is 6.95. The second-order valence-corrected chi connectivity index (χ2v) is 17.6. The third-order valence-electron chi connectivity index (χ3n) is 11.1. The lowest BCUT2D eigenvalue weighted by atomic mass is 9.92. The van der Waals surface area contributed by atoms with E-state index in [4.69, 9.17) is 0 Å². The van der Waals surface area contributed by atoms with Crippen molar-refractivity contribution in [2.24, 2.45) is 0 Å². The summed E-state index contributed by atoms with van der Waals surface area (Å²) in [6.45, 7) is 1.23. The summed E-state index contributed by atoms with van der Waals surface area (Å²) in [5, 5.41) is 6.00. The molecule has 0 aliphatic carbocycles. The molecule has 2 aliphatic heterocycles. The predicted octanol–water partition coefficient (Wildman–Crippen LogP) is 12.7. The van der Waals surface area contributed by atoms with Crippen LogP contribution in [0, 0.1) is 0 Å². The molecule has 2 saturated heterocycles. The van der Waals surface area contributed by atoms with Crippen molar-refractivity contribution in [2.75, 3.05) is 0 Å². The van der Waals surface area contributed by atoms with Gasteiger partial charge in [0, 0.05) is 82.6 Å². The van der Waals surface area contributed by atoms with E-state index in [0.717, 1.165) is 86.4 Å². The van der Waals surface area contributed by atoms with Crippen LogP contribution in [0.5, 0.6) is 0 Å². The van der Waals surface area contributed by atoms with E-state index in [-0.39, 0.29) is 23.9 Å². The molecule has 2 unspecified atom stereocenters. The molecule has 0 N–H and O–H groups in total. The minimum absolute atomic E-state index is 0.0462. The van der Waals surface area contributed by atoms with Gasteiger partial charge in [0.25, 0.3) is 0 Å². The topological polar surface area (TPSA) is 79.3 Å². The van der Waals surface area contributed by atoms with Gasteiger partial charge in [-0.05, 0) is 77.8 Å².